The first-order chi connectivity index (χ1) is 14.4. The van der Waals surface area contributed by atoms with Gasteiger partial charge in [0.2, 0.25) is 0 Å². The molecule has 5 nitrogen and oxygen atoms in total. The van der Waals surface area contributed by atoms with E-state index in [0.717, 1.165) is 22.3 Å². The highest BCUT2D eigenvalue weighted by Gasteiger charge is 2.41. The summed E-state index contributed by atoms with van der Waals surface area (Å²) >= 11 is 6.03. The van der Waals surface area contributed by atoms with E-state index in [2.05, 4.69) is 0 Å². The van der Waals surface area contributed by atoms with Crippen LogP contribution in [0.5, 0.6) is 0 Å². The van der Waals surface area contributed by atoms with Crippen molar-refractivity contribution in [3.63, 3.8) is 0 Å². The molecule has 0 fully saturated rings. The molecule has 152 valence electrons. The number of hydrogen-bond acceptors (Lipinski definition) is 4. The van der Waals surface area contributed by atoms with Crippen LogP contribution in [0.15, 0.2) is 72.8 Å². The summed E-state index contributed by atoms with van der Waals surface area (Å²) < 4.78 is 5.63. The number of esters is 1. The molecule has 1 aliphatic carbocycles. The van der Waals surface area contributed by atoms with Gasteiger partial charge in [0.1, 0.15) is 6.61 Å². The Kier molecular flexibility index (Phi) is 5.33. The molecule has 6 heteroatoms. The summed E-state index contributed by atoms with van der Waals surface area (Å²) in [4.78, 5) is 24.5. The Morgan fingerprint density at radius 2 is 1.57 bits per heavy atom. The molecular weight excluding hydrogens is 402 g/mol. The number of nitrogens with two attached hydrogens (primary N) is 1. The zero-order valence-electron chi connectivity index (χ0n) is 16.0. The van der Waals surface area contributed by atoms with E-state index in [0.29, 0.717) is 10.6 Å². The molecule has 0 aromatic heterocycles. The van der Waals surface area contributed by atoms with Crippen molar-refractivity contribution < 1.29 is 19.4 Å². The molecule has 0 bridgehead atoms. The number of aliphatic carboxylic acids is 1. The van der Waals surface area contributed by atoms with Crippen LogP contribution in [0.25, 0.3) is 11.1 Å². The third kappa shape index (κ3) is 3.58. The van der Waals surface area contributed by atoms with Crippen LogP contribution in [0, 0.1) is 0 Å². The molecule has 4 rings (SSSR count). The second-order valence-corrected chi connectivity index (χ2v) is 7.81. The van der Waals surface area contributed by atoms with E-state index >= 15 is 0 Å². The van der Waals surface area contributed by atoms with Crippen molar-refractivity contribution in [2.75, 3.05) is 6.61 Å². The third-order valence-corrected chi connectivity index (χ3v) is 5.71. The topological polar surface area (TPSA) is 89.6 Å². The zero-order chi connectivity index (χ0) is 21.3. The molecule has 0 spiro atoms. The SMILES string of the molecule is N[C@@](CC(=O)O)(C(=O)OCC1c2ccccc2-c2ccccc21)c1cccc(Cl)c1. The van der Waals surface area contributed by atoms with Crippen LogP contribution in [-0.4, -0.2) is 23.7 Å². The first kappa shape index (κ1) is 20.1. The van der Waals surface area contributed by atoms with E-state index in [4.69, 9.17) is 22.1 Å². The quantitative estimate of drug-likeness (QED) is 0.578. The number of carbonyl (C=O) groups is 2. The van der Waals surface area contributed by atoms with E-state index < -0.39 is 23.9 Å². The molecular formula is C24H20ClNO4. The van der Waals surface area contributed by atoms with Gasteiger partial charge in [0.15, 0.2) is 5.54 Å². The van der Waals surface area contributed by atoms with E-state index in [1.54, 1.807) is 18.2 Å². The van der Waals surface area contributed by atoms with Gasteiger partial charge >= 0.3 is 11.9 Å². The van der Waals surface area contributed by atoms with Gasteiger partial charge in [0.05, 0.1) is 6.42 Å². The molecule has 1 atom stereocenters. The largest absolute Gasteiger partial charge is 0.481 e. The molecule has 0 saturated heterocycles. The number of carboxylic acid groups (broad SMARTS) is 1. The van der Waals surface area contributed by atoms with Crippen molar-refractivity contribution in [3.8, 4) is 11.1 Å². The Bertz CT molecular complexity index is 1080. The highest BCUT2D eigenvalue weighted by molar-refractivity contribution is 6.30. The van der Waals surface area contributed by atoms with Crippen LogP contribution in [0.2, 0.25) is 5.02 Å². The third-order valence-electron chi connectivity index (χ3n) is 5.48. The van der Waals surface area contributed by atoms with Gasteiger partial charge in [0.25, 0.3) is 0 Å². The van der Waals surface area contributed by atoms with E-state index in [-0.39, 0.29) is 12.5 Å². The lowest BCUT2D eigenvalue weighted by molar-refractivity contribution is -0.155. The predicted molar refractivity (Wildman–Crippen MR) is 114 cm³/mol. The minimum Gasteiger partial charge on any atom is -0.481 e. The molecule has 0 aliphatic heterocycles. The van der Waals surface area contributed by atoms with Crippen molar-refractivity contribution >= 4 is 23.5 Å². The minimum absolute atomic E-state index is 0.0615. The Morgan fingerprint density at radius 3 is 2.13 bits per heavy atom. The summed E-state index contributed by atoms with van der Waals surface area (Å²) in [6.07, 6.45) is -0.607. The second-order valence-electron chi connectivity index (χ2n) is 7.38. The van der Waals surface area contributed by atoms with E-state index in [9.17, 15) is 14.7 Å². The molecule has 0 amide bonds. The van der Waals surface area contributed by atoms with Gasteiger partial charge in [-0.15, -0.1) is 0 Å². The fourth-order valence-electron chi connectivity index (χ4n) is 4.02. The number of carbonyl (C=O) groups excluding carboxylic acids is 1. The molecule has 0 radical (unpaired) electrons. The Labute approximate surface area is 179 Å². The predicted octanol–water partition coefficient (Wildman–Crippen LogP) is 4.32. The van der Waals surface area contributed by atoms with Gasteiger partial charge in [-0.25, -0.2) is 4.79 Å². The van der Waals surface area contributed by atoms with Crippen molar-refractivity contribution in [3.05, 3.63) is 94.5 Å². The Morgan fingerprint density at radius 1 is 0.967 bits per heavy atom. The Balaban J connectivity index is 1.62. The van der Waals surface area contributed by atoms with Crippen LogP contribution < -0.4 is 5.73 Å². The monoisotopic (exact) mass is 421 g/mol. The highest BCUT2D eigenvalue weighted by Crippen LogP contribution is 2.44. The maximum atomic E-state index is 13.0. The number of ether oxygens (including phenoxy) is 1. The van der Waals surface area contributed by atoms with Gasteiger partial charge in [-0.1, -0.05) is 72.3 Å². The number of halogens is 1. The summed E-state index contributed by atoms with van der Waals surface area (Å²) in [5.74, 6) is -2.14. The lowest BCUT2D eigenvalue weighted by Gasteiger charge is -2.27. The summed E-state index contributed by atoms with van der Waals surface area (Å²) in [5.41, 5.74) is 9.09. The number of hydrogen-bond donors (Lipinski definition) is 2. The van der Waals surface area contributed by atoms with Gasteiger partial charge in [0, 0.05) is 10.9 Å². The lowest BCUT2D eigenvalue weighted by atomic mass is 9.87. The van der Waals surface area contributed by atoms with Crippen molar-refractivity contribution in [2.45, 2.75) is 17.9 Å². The second kappa shape index (κ2) is 7.94. The highest BCUT2D eigenvalue weighted by atomic mass is 35.5. The normalized spacial score (nSPS) is 14.5. The number of benzene rings is 3. The van der Waals surface area contributed by atoms with Crippen LogP contribution in [0.1, 0.15) is 29.0 Å². The molecule has 0 saturated carbocycles. The molecule has 3 aromatic carbocycles. The molecule has 3 aromatic rings. The summed E-state index contributed by atoms with van der Waals surface area (Å²) in [6, 6.07) is 22.3. The first-order valence-corrected chi connectivity index (χ1v) is 9.90. The van der Waals surface area contributed by atoms with Gasteiger partial charge in [-0.05, 0) is 39.9 Å². The Hall–Kier alpha value is -3.15. The fourth-order valence-corrected chi connectivity index (χ4v) is 4.21. The van der Waals surface area contributed by atoms with Crippen LogP contribution in [0.3, 0.4) is 0 Å². The molecule has 0 unspecified atom stereocenters. The van der Waals surface area contributed by atoms with E-state index in [1.165, 1.54) is 6.07 Å². The zero-order valence-corrected chi connectivity index (χ0v) is 16.8. The average molecular weight is 422 g/mol. The summed E-state index contributed by atoms with van der Waals surface area (Å²) in [7, 11) is 0. The van der Waals surface area contributed by atoms with Crippen molar-refractivity contribution in [2.24, 2.45) is 5.73 Å². The molecule has 3 N–H and O–H groups in total. The van der Waals surface area contributed by atoms with Crippen LogP contribution in [0.4, 0.5) is 0 Å². The average Bonchev–Trinajstić information content (AvgIpc) is 3.05. The van der Waals surface area contributed by atoms with Crippen LogP contribution in [-0.2, 0) is 19.9 Å². The molecule has 30 heavy (non-hydrogen) atoms. The first-order valence-electron chi connectivity index (χ1n) is 9.52. The minimum atomic E-state index is -1.84. The maximum absolute atomic E-state index is 13.0. The summed E-state index contributed by atoms with van der Waals surface area (Å²) in [6.45, 7) is 0.0615. The molecule has 1 aliphatic rings. The number of carboxylic acids is 1. The van der Waals surface area contributed by atoms with Crippen molar-refractivity contribution in [1.82, 2.24) is 0 Å². The fraction of sp³-hybridized carbons (Fsp3) is 0.167. The maximum Gasteiger partial charge on any atom is 0.331 e. The smallest absolute Gasteiger partial charge is 0.331 e. The van der Waals surface area contributed by atoms with Gasteiger partial charge < -0.3 is 15.6 Å². The number of fused-ring (bicyclic) bond motifs is 3. The van der Waals surface area contributed by atoms with Crippen LogP contribution >= 0.6 is 11.6 Å². The number of rotatable bonds is 6. The molecule has 0 heterocycles. The lowest BCUT2D eigenvalue weighted by Crippen LogP contribution is -2.48. The van der Waals surface area contributed by atoms with Gasteiger partial charge in [-0.2, -0.15) is 0 Å². The van der Waals surface area contributed by atoms with Crippen molar-refractivity contribution in [1.29, 1.82) is 0 Å². The summed E-state index contributed by atoms with van der Waals surface area (Å²) in [5, 5.41) is 9.71. The van der Waals surface area contributed by atoms with E-state index in [1.807, 2.05) is 48.5 Å². The van der Waals surface area contributed by atoms with Gasteiger partial charge in [-0.3, -0.25) is 4.79 Å². The standard InChI is InChI=1S/C24H20ClNO4/c25-16-7-5-6-15(12-16)24(26,13-22(27)28)23(29)30-14-21-19-10-3-1-8-17(19)18-9-2-4-11-20(18)21/h1-12,21H,13-14,26H2,(H,27,28)/t24-/m1/s1.